The van der Waals surface area contributed by atoms with E-state index in [-0.39, 0.29) is 11.1 Å². The molecule has 0 radical (unpaired) electrons. The van der Waals surface area contributed by atoms with E-state index in [1.54, 1.807) is 0 Å². The van der Waals surface area contributed by atoms with Gasteiger partial charge in [-0.05, 0) is 31.1 Å². The summed E-state index contributed by atoms with van der Waals surface area (Å²) in [5.74, 6) is 1.63. The lowest BCUT2D eigenvalue weighted by molar-refractivity contribution is 0.323. The largest absolute Gasteiger partial charge is 0.325 e. The van der Waals surface area contributed by atoms with Crippen LogP contribution in [0.25, 0.3) is 0 Å². The third-order valence-corrected chi connectivity index (χ3v) is 4.61. The zero-order valence-corrected chi connectivity index (χ0v) is 11.0. The molecule has 3 heteroatoms. The Morgan fingerprint density at radius 2 is 2.06 bits per heavy atom. The molecule has 0 aliphatic heterocycles. The zero-order valence-electron chi connectivity index (χ0n) is 11.0. The summed E-state index contributed by atoms with van der Waals surface area (Å²) in [6.07, 6.45) is 7.32. The van der Waals surface area contributed by atoms with E-state index < -0.39 is 0 Å². The van der Waals surface area contributed by atoms with Gasteiger partial charge in [-0.15, -0.1) is 0 Å². The van der Waals surface area contributed by atoms with E-state index in [1.165, 1.54) is 25.7 Å². The molecule has 1 aromatic rings. The molecule has 1 heterocycles. The van der Waals surface area contributed by atoms with Crippen LogP contribution in [-0.4, -0.2) is 9.55 Å². The number of fused-ring (bicyclic) bond motifs is 2. The predicted octanol–water partition coefficient (Wildman–Crippen LogP) is 2.84. The molecular weight excluding hydrogens is 212 g/mol. The van der Waals surface area contributed by atoms with Crippen LogP contribution in [0, 0.1) is 11.8 Å². The van der Waals surface area contributed by atoms with Gasteiger partial charge in [-0.3, -0.25) is 4.57 Å². The number of aromatic nitrogens is 2. The molecule has 2 fully saturated rings. The summed E-state index contributed by atoms with van der Waals surface area (Å²) in [6, 6.07) is 0.466. The lowest BCUT2D eigenvalue weighted by Crippen LogP contribution is -2.25. The highest BCUT2D eigenvalue weighted by atomic mass is 16.1. The summed E-state index contributed by atoms with van der Waals surface area (Å²) in [4.78, 5) is 15.1. The van der Waals surface area contributed by atoms with Gasteiger partial charge in [-0.2, -0.15) is 0 Å². The second-order valence-electron chi connectivity index (χ2n) is 6.87. The van der Waals surface area contributed by atoms with Gasteiger partial charge in [0.1, 0.15) is 0 Å². The molecule has 0 aromatic carbocycles. The Balaban J connectivity index is 1.94. The monoisotopic (exact) mass is 234 g/mol. The van der Waals surface area contributed by atoms with Gasteiger partial charge in [-0.1, -0.05) is 27.2 Å². The van der Waals surface area contributed by atoms with Gasteiger partial charge in [0.2, 0.25) is 0 Å². The van der Waals surface area contributed by atoms with Crippen molar-refractivity contribution in [1.29, 1.82) is 0 Å². The van der Waals surface area contributed by atoms with Crippen LogP contribution < -0.4 is 5.69 Å². The highest BCUT2D eigenvalue weighted by Gasteiger charge is 2.41. The molecule has 3 rings (SSSR count). The van der Waals surface area contributed by atoms with Crippen molar-refractivity contribution in [2.45, 2.75) is 57.9 Å². The van der Waals surface area contributed by atoms with Crippen molar-refractivity contribution in [3.63, 3.8) is 0 Å². The number of aromatic amines is 1. The Bertz CT molecular complexity index is 477. The van der Waals surface area contributed by atoms with E-state index in [1.807, 2.05) is 4.57 Å². The van der Waals surface area contributed by atoms with Gasteiger partial charge in [0, 0.05) is 23.3 Å². The third kappa shape index (κ3) is 1.76. The zero-order chi connectivity index (χ0) is 12.2. The molecule has 2 saturated carbocycles. The summed E-state index contributed by atoms with van der Waals surface area (Å²) in [7, 11) is 0. The van der Waals surface area contributed by atoms with Crippen molar-refractivity contribution in [2.24, 2.45) is 11.8 Å². The smallest absolute Gasteiger partial charge is 0.309 e. The first kappa shape index (κ1) is 11.1. The standard InChI is InChI=1S/C14H22N2O/c1-14(2,3)12-8-16(13(17)15-12)11-7-9-4-5-10(11)6-9/h8-11H,4-7H2,1-3H3,(H,15,17). The topological polar surface area (TPSA) is 37.8 Å². The summed E-state index contributed by atoms with van der Waals surface area (Å²) in [5, 5.41) is 0. The van der Waals surface area contributed by atoms with Gasteiger partial charge in [0.05, 0.1) is 0 Å². The van der Waals surface area contributed by atoms with Crippen molar-refractivity contribution >= 4 is 0 Å². The average molecular weight is 234 g/mol. The number of nitrogens with one attached hydrogen (secondary N) is 1. The van der Waals surface area contributed by atoms with Gasteiger partial charge in [-0.25, -0.2) is 4.79 Å². The Kier molecular flexibility index (Phi) is 2.29. The van der Waals surface area contributed by atoms with E-state index in [0.717, 1.165) is 17.5 Å². The molecular formula is C14H22N2O. The van der Waals surface area contributed by atoms with Crippen molar-refractivity contribution in [3.8, 4) is 0 Å². The minimum atomic E-state index is 0.0298. The van der Waals surface area contributed by atoms with Crippen LogP contribution in [0.15, 0.2) is 11.0 Å². The predicted molar refractivity (Wildman–Crippen MR) is 68.2 cm³/mol. The minimum Gasteiger partial charge on any atom is -0.309 e. The Labute approximate surface area is 102 Å². The molecule has 0 spiro atoms. The third-order valence-electron chi connectivity index (χ3n) is 4.61. The fraction of sp³-hybridized carbons (Fsp3) is 0.786. The van der Waals surface area contributed by atoms with Gasteiger partial charge >= 0.3 is 5.69 Å². The van der Waals surface area contributed by atoms with E-state index in [0.29, 0.717) is 6.04 Å². The molecule has 1 aromatic heterocycles. The summed E-state index contributed by atoms with van der Waals surface area (Å²) in [5.41, 5.74) is 1.18. The molecule has 0 amide bonds. The summed E-state index contributed by atoms with van der Waals surface area (Å²) >= 11 is 0. The van der Waals surface area contributed by atoms with Crippen LogP contribution >= 0.6 is 0 Å². The van der Waals surface area contributed by atoms with Crippen LogP contribution in [0.3, 0.4) is 0 Å². The quantitative estimate of drug-likeness (QED) is 0.797. The first-order valence-electron chi connectivity index (χ1n) is 6.77. The fourth-order valence-corrected chi connectivity index (χ4v) is 3.59. The number of hydrogen-bond acceptors (Lipinski definition) is 1. The molecule has 2 bridgehead atoms. The van der Waals surface area contributed by atoms with E-state index in [9.17, 15) is 4.79 Å². The Morgan fingerprint density at radius 1 is 1.29 bits per heavy atom. The second-order valence-corrected chi connectivity index (χ2v) is 6.87. The maximum absolute atomic E-state index is 12.1. The summed E-state index contributed by atoms with van der Waals surface area (Å²) in [6.45, 7) is 6.43. The normalized spacial score (nSPS) is 32.3. The van der Waals surface area contributed by atoms with Crippen molar-refractivity contribution in [2.75, 3.05) is 0 Å². The molecule has 3 atom stereocenters. The molecule has 94 valence electrons. The van der Waals surface area contributed by atoms with E-state index in [4.69, 9.17) is 0 Å². The number of imidazole rings is 1. The first-order chi connectivity index (χ1) is 7.95. The second kappa shape index (κ2) is 3.50. The molecule has 3 unspecified atom stereocenters. The molecule has 17 heavy (non-hydrogen) atoms. The SMILES string of the molecule is CC(C)(C)c1cn(C2CC3CCC2C3)c(=O)[nH]1. The first-order valence-corrected chi connectivity index (χ1v) is 6.77. The maximum Gasteiger partial charge on any atom is 0.325 e. The number of nitrogens with zero attached hydrogens (tertiary/aromatic N) is 1. The molecule has 2 aliphatic carbocycles. The lowest BCUT2D eigenvalue weighted by atomic mass is 9.92. The Morgan fingerprint density at radius 3 is 2.53 bits per heavy atom. The van der Waals surface area contributed by atoms with Crippen molar-refractivity contribution < 1.29 is 0 Å². The van der Waals surface area contributed by atoms with Crippen LogP contribution in [0.1, 0.15) is 58.2 Å². The van der Waals surface area contributed by atoms with Crippen molar-refractivity contribution in [3.05, 3.63) is 22.4 Å². The van der Waals surface area contributed by atoms with Gasteiger partial charge < -0.3 is 4.98 Å². The molecule has 1 N–H and O–H groups in total. The van der Waals surface area contributed by atoms with Gasteiger partial charge in [0.25, 0.3) is 0 Å². The number of H-pyrrole nitrogens is 1. The van der Waals surface area contributed by atoms with Crippen LogP contribution in [0.2, 0.25) is 0 Å². The fourth-order valence-electron chi connectivity index (χ4n) is 3.59. The van der Waals surface area contributed by atoms with Crippen molar-refractivity contribution in [1.82, 2.24) is 9.55 Å². The highest BCUT2D eigenvalue weighted by molar-refractivity contribution is 5.11. The minimum absolute atomic E-state index is 0.0298. The van der Waals surface area contributed by atoms with Crippen LogP contribution in [0.4, 0.5) is 0 Å². The lowest BCUT2D eigenvalue weighted by Gasteiger charge is -2.22. The molecule has 0 saturated heterocycles. The van der Waals surface area contributed by atoms with E-state index >= 15 is 0 Å². The average Bonchev–Trinajstić information content (AvgIpc) is 2.88. The van der Waals surface area contributed by atoms with Crippen LogP contribution in [0.5, 0.6) is 0 Å². The number of rotatable bonds is 1. The number of hydrogen-bond donors (Lipinski definition) is 1. The maximum atomic E-state index is 12.1. The summed E-state index contributed by atoms with van der Waals surface area (Å²) < 4.78 is 1.98. The Hall–Kier alpha value is -0.990. The molecule has 3 nitrogen and oxygen atoms in total. The highest BCUT2D eigenvalue weighted by Crippen LogP contribution is 2.50. The van der Waals surface area contributed by atoms with Crippen LogP contribution in [-0.2, 0) is 5.41 Å². The molecule has 2 aliphatic rings. The van der Waals surface area contributed by atoms with Gasteiger partial charge in [0.15, 0.2) is 0 Å². The van der Waals surface area contributed by atoms with E-state index in [2.05, 4.69) is 32.0 Å².